The summed E-state index contributed by atoms with van der Waals surface area (Å²) in [4.78, 5) is 0. The summed E-state index contributed by atoms with van der Waals surface area (Å²) >= 11 is 2.04. The Hall–Kier alpha value is -0.200. The third kappa shape index (κ3) is 2.38. The van der Waals surface area contributed by atoms with Crippen molar-refractivity contribution in [2.45, 2.75) is 31.7 Å². The van der Waals surface area contributed by atoms with E-state index < -0.39 is 0 Å². The summed E-state index contributed by atoms with van der Waals surface area (Å²) in [5, 5.41) is 12.4. The van der Waals surface area contributed by atoms with Crippen LogP contribution < -0.4 is 5.32 Å². The maximum atomic E-state index is 8.89. The summed E-state index contributed by atoms with van der Waals surface area (Å²) in [6.07, 6.45) is 4.85. The van der Waals surface area contributed by atoms with Crippen LogP contribution in [0.15, 0.2) is 0 Å². The fourth-order valence-corrected chi connectivity index (χ4v) is 2.83. The van der Waals surface area contributed by atoms with Crippen LogP contribution in [0.4, 0.5) is 0 Å². The highest BCUT2D eigenvalue weighted by Crippen LogP contribution is 2.44. The van der Waals surface area contributed by atoms with Gasteiger partial charge in [0.1, 0.15) is 0 Å². The molecule has 1 atom stereocenters. The summed E-state index contributed by atoms with van der Waals surface area (Å²) in [6, 6.07) is 3.09. The highest BCUT2D eigenvalue weighted by molar-refractivity contribution is 7.99. The van der Waals surface area contributed by atoms with Crippen LogP contribution in [-0.4, -0.2) is 24.1 Å². The molecule has 3 heteroatoms. The van der Waals surface area contributed by atoms with E-state index in [9.17, 15) is 0 Å². The fourth-order valence-electron chi connectivity index (χ4n) is 1.72. The molecule has 2 nitrogen and oxygen atoms in total. The molecule has 1 unspecified atom stereocenters. The standard InChI is InChI=1S/C10H16N2S/c11-7-10(3-4-10)8-12-9-2-1-5-13-6-9/h9,12H,1-6,8H2. The van der Waals surface area contributed by atoms with E-state index in [1.807, 2.05) is 11.8 Å². The van der Waals surface area contributed by atoms with Gasteiger partial charge in [-0.25, -0.2) is 0 Å². The van der Waals surface area contributed by atoms with E-state index in [1.54, 1.807) is 0 Å². The Morgan fingerprint density at radius 2 is 2.38 bits per heavy atom. The van der Waals surface area contributed by atoms with Crippen LogP contribution in [0, 0.1) is 16.7 Å². The average Bonchev–Trinajstić information content (AvgIpc) is 2.97. The van der Waals surface area contributed by atoms with Gasteiger partial charge in [-0.1, -0.05) is 0 Å². The first-order valence-corrected chi connectivity index (χ1v) is 6.23. The van der Waals surface area contributed by atoms with Crippen LogP contribution in [0.3, 0.4) is 0 Å². The van der Waals surface area contributed by atoms with E-state index in [4.69, 9.17) is 5.26 Å². The molecule has 0 bridgehead atoms. The van der Waals surface area contributed by atoms with Gasteiger partial charge in [0.05, 0.1) is 11.5 Å². The average molecular weight is 196 g/mol. The van der Waals surface area contributed by atoms with E-state index in [2.05, 4.69) is 11.4 Å². The molecule has 0 aromatic heterocycles. The van der Waals surface area contributed by atoms with Crippen molar-refractivity contribution in [2.75, 3.05) is 18.1 Å². The zero-order valence-corrected chi connectivity index (χ0v) is 8.70. The Labute approximate surface area is 84.1 Å². The number of hydrogen-bond donors (Lipinski definition) is 1. The number of nitrogens with one attached hydrogen (secondary N) is 1. The highest BCUT2D eigenvalue weighted by atomic mass is 32.2. The zero-order valence-electron chi connectivity index (χ0n) is 7.88. The molecule has 1 saturated carbocycles. The predicted octanol–water partition coefficient (Wildman–Crippen LogP) is 1.78. The first-order valence-electron chi connectivity index (χ1n) is 5.07. The summed E-state index contributed by atoms with van der Waals surface area (Å²) in [6.45, 7) is 0.925. The maximum Gasteiger partial charge on any atom is 0.0703 e. The van der Waals surface area contributed by atoms with Crippen molar-refractivity contribution in [3.05, 3.63) is 0 Å². The van der Waals surface area contributed by atoms with Gasteiger partial charge in [0.2, 0.25) is 0 Å². The normalized spacial score (nSPS) is 30.8. The smallest absolute Gasteiger partial charge is 0.0703 e. The molecule has 0 amide bonds. The Bertz CT molecular complexity index is 211. The maximum absolute atomic E-state index is 8.89. The quantitative estimate of drug-likeness (QED) is 0.747. The number of nitrogens with zero attached hydrogens (tertiary/aromatic N) is 1. The second-order valence-corrected chi connectivity index (χ2v) is 5.34. The second-order valence-electron chi connectivity index (χ2n) is 4.19. The van der Waals surface area contributed by atoms with Crippen LogP contribution in [-0.2, 0) is 0 Å². The lowest BCUT2D eigenvalue weighted by molar-refractivity contribution is 0.462. The lowest BCUT2D eigenvalue weighted by Gasteiger charge is -2.23. The minimum absolute atomic E-state index is 0.0299. The minimum atomic E-state index is 0.0299. The van der Waals surface area contributed by atoms with Gasteiger partial charge in [-0.05, 0) is 31.4 Å². The molecule has 13 heavy (non-hydrogen) atoms. The molecule has 1 N–H and O–H groups in total. The topological polar surface area (TPSA) is 35.8 Å². The Morgan fingerprint density at radius 3 is 2.92 bits per heavy atom. The largest absolute Gasteiger partial charge is 0.312 e. The molecule has 0 spiro atoms. The zero-order chi connectivity index (χ0) is 9.15. The number of nitriles is 1. The van der Waals surface area contributed by atoms with Crippen LogP contribution in [0.5, 0.6) is 0 Å². The second kappa shape index (κ2) is 3.89. The lowest BCUT2D eigenvalue weighted by atomic mass is 10.1. The monoisotopic (exact) mass is 196 g/mol. The van der Waals surface area contributed by atoms with Crippen molar-refractivity contribution < 1.29 is 0 Å². The molecule has 1 heterocycles. The number of hydrogen-bond acceptors (Lipinski definition) is 3. The SMILES string of the molecule is N#CC1(CNC2CCCSC2)CC1. The van der Waals surface area contributed by atoms with E-state index in [-0.39, 0.29) is 5.41 Å². The first-order chi connectivity index (χ1) is 6.35. The predicted molar refractivity (Wildman–Crippen MR) is 55.6 cm³/mol. The molecule has 2 rings (SSSR count). The van der Waals surface area contributed by atoms with Crippen molar-refractivity contribution in [1.29, 1.82) is 5.26 Å². The molecule has 0 radical (unpaired) electrons. The van der Waals surface area contributed by atoms with Crippen LogP contribution in [0.25, 0.3) is 0 Å². The van der Waals surface area contributed by atoms with E-state index in [0.29, 0.717) is 6.04 Å². The molecule has 1 aliphatic heterocycles. The van der Waals surface area contributed by atoms with Crippen molar-refractivity contribution in [3.8, 4) is 6.07 Å². The number of thioether (sulfide) groups is 1. The third-order valence-corrected chi connectivity index (χ3v) is 4.20. The molecule has 0 aromatic carbocycles. The van der Waals surface area contributed by atoms with E-state index >= 15 is 0 Å². The van der Waals surface area contributed by atoms with E-state index in [0.717, 1.165) is 19.4 Å². The fraction of sp³-hybridized carbons (Fsp3) is 0.900. The summed E-state index contributed by atoms with van der Waals surface area (Å²) < 4.78 is 0. The molecule has 1 saturated heterocycles. The molecular weight excluding hydrogens is 180 g/mol. The Balaban J connectivity index is 1.70. The van der Waals surface area contributed by atoms with Gasteiger partial charge in [0.15, 0.2) is 0 Å². The van der Waals surface area contributed by atoms with Crippen LogP contribution in [0.1, 0.15) is 25.7 Å². The van der Waals surface area contributed by atoms with Crippen LogP contribution in [0.2, 0.25) is 0 Å². The molecule has 2 fully saturated rings. The van der Waals surface area contributed by atoms with Crippen LogP contribution >= 0.6 is 11.8 Å². The highest BCUT2D eigenvalue weighted by Gasteiger charge is 2.43. The van der Waals surface area contributed by atoms with Gasteiger partial charge in [-0.15, -0.1) is 0 Å². The van der Waals surface area contributed by atoms with Crippen molar-refractivity contribution in [1.82, 2.24) is 5.32 Å². The Kier molecular flexibility index (Phi) is 2.80. The van der Waals surface area contributed by atoms with E-state index in [1.165, 1.54) is 24.3 Å². The Morgan fingerprint density at radius 1 is 1.54 bits per heavy atom. The molecular formula is C10H16N2S. The summed E-state index contributed by atoms with van der Waals surface area (Å²) in [7, 11) is 0. The van der Waals surface area contributed by atoms with Crippen molar-refractivity contribution >= 4 is 11.8 Å². The lowest BCUT2D eigenvalue weighted by Crippen LogP contribution is -2.37. The molecule has 1 aliphatic carbocycles. The summed E-state index contributed by atoms with van der Waals surface area (Å²) in [5.74, 6) is 2.56. The van der Waals surface area contributed by atoms with Gasteiger partial charge < -0.3 is 5.32 Å². The summed E-state index contributed by atoms with van der Waals surface area (Å²) in [5.41, 5.74) is 0.0299. The molecule has 2 aliphatic rings. The van der Waals surface area contributed by atoms with Gasteiger partial charge in [0.25, 0.3) is 0 Å². The van der Waals surface area contributed by atoms with Gasteiger partial charge in [-0.3, -0.25) is 0 Å². The van der Waals surface area contributed by atoms with Gasteiger partial charge >= 0.3 is 0 Å². The number of rotatable bonds is 3. The van der Waals surface area contributed by atoms with Crippen molar-refractivity contribution in [3.63, 3.8) is 0 Å². The third-order valence-electron chi connectivity index (χ3n) is 2.98. The first kappa shape index (κ1) is 9.36. The minimum Gasteiger partial charge on any atom is -0.312 e. The van der Waals surface area contributed by atoms with Crippen molar-refractivity contribution in [2.24, 2.45) is 5.41 Å². The molecule has 72 valence electrons. The van der Waals surface area contributed by atoms with Gasteiger partial charge in [0, 0.05) is 18.3 Å². The van der Waals surface area contributed by atoms with Gasteiger partial charge in [-0.2, -0.15) is 17.0 Å². The molecule has 0 aromatic rings.